The van der Waals surface area contributed by atoms with Gasteiger partial charge in [0.1, 0.15) is 12.4 Å². The summed E-state index contributed by atoms with van der Waals surface area (Å²) in [5, 5.41) is 7.54. The number of carbonyl (C=O) groups excluding carboxylic acids is 1. The van der Waals surface area contributed by atoms with Crippen molar-refractivity contribution in [3.8, 4) is 0 Å². The summed E-state index contributed by atoms with van der Waals surface area (Å²) in [5.74, 6) is 0.913. The maximum Gasteiger partial charge on any atom is 0.414 e. The molecule has 3 rings (SSSR count). The lowest BCUT2D eigenvalue weighted by Crippen LogP contribution is -2.24. The summed E-state index contributed by atoms with van der Waals surface area (Å²) in [6, 6.07) is 8.27. The zero-order valence-corrected chi connectivity index (χ0v) is 15.0. The molecule has 1 aliphatic rings. The van der Waals surface area contributed by atoms with Crippen molar-refractivity contribution in [2.45, 2.75) is 39.7 Å². The van der Waals surface area contributed by atoms with Crippen LogP contribution in [-0.2, 0) is 11.2 Å². The van der Waals surface area contributed by atoms with Crippen molar-refractivity contribution in [2.75, 3.05) is 24.6 Å². The quantitative estimate of drug-likeness (QED) is 0.779. The van der Waals surface area contributed by atoms with Crippen LogP contribution in [0, 0.1) is 13.8 Å². The third-order valence-electron chi connectivity index (χ3n) is 4.68. The summed E-state index contributed by atoms with van der Waals surface area (Å²) in [6.45, 7) is 8.05. The summed E-state index contributed by atoms with van der Waals surface area (Å²) >= 11 is 0. The molecule has 1 N–H and O–H groups in total. The molecule has 0 spiro atoms. The monoisotopic (exact) mass is 343 g/mol. The highest BCUT2D eigenvalue weighted by atomic mass is 16.6. The Morgan fingerprint density at radius 2 is 2.20 bits per heavy atom. The highest BCUT2D eigenvalue weighted by Gasteiger charge is 2.23. The number of nitrogens with one attached hydrogen (secondary N) is 1. The molecular weight excluding hydrogens is 318 g/mol. The van der Waals surface area contributed by atoms with Gasteiger partial charge in [-0.3, -0.25) is 4.90 Å². The van der Waals surface area contributed by atoms with Gasteiger partial charge in [0.05, 0.1) is 12.2 Å². The number of carbonyl (C=O) groups is 1. The van der Waals surface area contributed by atoms with E-state index in [2.05, 4.69) is 29.5 Å². The summed E-state index contributed by atoms with van der Waals surface area (Å²) in [7, 11) is 0. The van der Waals surface area contributed by atoms with E-state index in [0.717, 1.165) is 42.1 Å². The molecule has 1 aliphatic heterocycles. The Hall–Kier alpha value is -2.34. The summed E-state index contributed by atoms with van der Waals surface area (Å²) in [5.41, 5.74) is 4.25. The highest BCUT2D eigenvalue weighted by Crippen LogP contribution is 2.23. The summed E-state index contributed by atoms with van der Waals surface area (Å²) < 4.78 is 10.2. The minimum Gasteiger partial charge on any atom is -0.447 e. The number of rotatable bonds is 7. The first-order valence-corrected chi connectivity index (χ1v) is 8.75. The van der Waals surface area contributed by atoms with Crippen molar-refractivity contribution in [3.63, 3.8) is 0 Å². The predicted octanol–water partition coefficient (Wildman–Crippen LogP) is 3.53. The second-order valence-electron chi connectivity index (χ2n) is 6.44. The van der Waals surface area contributed by atoms with Crippen LogP contribution in [0.1, 0.15) is 42.0 Å². The number of benzene rings is 1. The Kier molecular flexibility index (Phi) is 5.38. The van der Waals surface area contributed by atoms with E-state index < -0.39 is 0 Å². The molecule has 2 aromatic rings. The molecule has 25 heavy (non-hydrogen) atoms. The Morgan fingerprint density at radius 1 is 1.36 bits per heavy atom. The number of ether oxygens (including phenoxy) is 1. The molecule has 0 radical (unpaired) electrons. The number of aromatic nitrogens is 1. The van der Waals surface area contributed by atoms with Gasteiger partial charge in [0.2, 0.25) is 0 Å². The molecule has 0 unspecified atom stereocenters. The van der Waals surface area contributed by atoms with Gasteiger partial charge < -0.3 is 14.6 Å². The Balaban J connectivity index is 1.53. The molecule has 0 bridgehead atoms. The smallest absolute Gasteiger partial charge is 0.414 e. The second kappa shape index (κ2) is 7.70. The lowest BCUT2D eigenvalue weighted by Gasteiger charge is -2.18. The van der Waals surface area contributed by atoms with Crippen LogP contribution in [0.25, 0.3) is 0 Å². The number of hydrogen-bond acceptors (Lipinski definition) is 5. The number of nitrogens with zero attached hydrogens (tertiary/aromatic N) is 2. The van der Waals surface area contributed by atoms with Crippen molar-refractivity contribution in [3.05, 3.63) is 46.8 Å². The molecule has 1 aromatic heterocycles. The van der Waals surface area contributed by atoms with Crippen molar-refractivity contribution in [1.82, 2.24) is 10.5 Å². The van der Waals surface area contributed by atoms with E-state index in [9.17, 15) is 4.79 Å². The van der Waals surface area contributed by atoms with Crippen LogP contribution >= 0.6 is 0 Å². The molecular formula is C19H25N3O3. The van der Waals surface area contributed by atoms with Crippen LogP contribution in [0.15, 0.2) is 28.8 Å². The molecule has 134 valence electrons. The standard InChI is InChI=1S/C19H25N3O3/c1-13(20-9-5-8-18-14(2)21-25-15(18)3)16-6-4-7-17(12-16)22-10-11-24-19(22)23/h4,6-7,12-13,20H,5,8-11H2,1-3H3/t13-/m0/s1. The zero-order valence-electron chi connectivity index (χ0n) is 15.0. The lowest BCUT2D eigenvalue weighted by molar-refractivity contribution is 0.181. The average molecular weight is 343 g/mol. The predicted molar refractivity (Wildman–Crippen MR) is 95.9 cm³/mol. The van der Waals surface area contributed by atoms with Gasteiger partial charge in [-0.2, -0.15) is 0 Å². The van der Waals surface area contributed by atoms with Crippen LogP contribution in [0.4, 0.5) is 10.5 Å². The average Bonchev–Trinajstić information content (AvgIpc) is 3.18. The van der Waals surface area contributed by atoms with Crippen LogP contribution in [-0.4, -0.2) is 30.9 Å². The van der Waals surface area contributed by atoms with Gasteiger partial charge in [-0.05, 0) is 57.9 Å². The van der Waals surface area contributed by atoms with Gasteiger partial charge in [0.25, 0.3) is 0 Å². The molecule has 1 atom stereocenters. The number of cyclic esters (lactones) is 1. The maximum absolute atomic E-state index is 11.7. The van der Waals surface area contributed by atoms with Gasteiger partial charge in [0, 0.05) is 17.3 Å². The van der Waals surface area contributed by atoms with Crippen LogP contribution in [0.5, 0.6) is 0 Å². The first-order chi connectivity index (χ1) is 12.1. The fourth-order valence-electron chi connectivity index (χ4n) is 3.15. The molecule has 6 nitrogen and oxygen atoms in total. The first-order valence-electron chi connectivity index (χ1n) is 8.75. The molecule has 2 heterocycles. The van der Waals surface area contributed by atoms with Gasteiger partial charge >= 0.3 is 6.09 Å². The van der Waals surface area contributed by atoms with Crippen LogP contribution < -0.4 is 10.2 Å². The molecule has 6 heteroatoms. The number of hydrogen-bond donors (Lipinski definition) is 1. The largest absolute Gasteiger partial charge is 0.447 e. The summed E-state index contributed by atoms with van der Waals surface area (Å²) in [6.07, 6.45) is 1.71. The number of amides is 1. The van der Waals surface area contributed by atoms with E-state index in [-0.39, 0.29) is 12.1 Å². The van der Waals surface area contributed by atoms with Crippen LogP contribution in [0.3, 0.4) is 0 Å². The molecule has 0 saturated carbocycles. The minimum absolute atomic E-state index is 0.211. The molecule has 1 fully saturated rings. The lowest BCUT2D eigenvalue weighted by atomic mass is 10.1. The van der Waals surface area contributed by atoms with E-state index in [1.165, 1.54) is 5.56 Å². The maximum atomic E-state index is 11.7. The van der Waals surface area contributed by atoms with Crippen molar-refractivity contribution in [2.24, 2.45) is 0 Å². The fourth-order valence-corrected chi connectivity index (χ4v) is 3.15. The van der Waals surface area contributed by atoms with E-state index >= 15 is 0 Å². The third-order valence-corrected chi connectivity index (χ3v) is 4.68. The van der Waals surface area contributed by atoms with Crippen molar-refractivity contribution >= 4 is 11.8 Å². The molecule has 1 amide bonds. The Morgan fingerprint density at radius 3 is 2.88 bits per heavy atom. The normalized spacial score (nSPS) is 15.5. The molecule has 0 aliphatic carbocycles. The fraction of sp³-hybridized carbons (Fsp3) is 0.474. The molecule has 1 aromatic carbocycles. The van der Waals surface area contributed by atoms with E-state index in [1.807, 2.05) is 26.0 Å². The number of anilines is 1. The van der Waals surface area contributed by atoms with E-state index in [1.54, 1.807) is 4.90 Å². The number of aryl methyl sites for hydroxylation is 2. The van der Waals surface area contributed by atoms with Gasteiger partial charge in [-0.1, -0.05) is 17.3 Å². The Labute approximate surface area is 148 Å². The van der Waals surface area contributed by atoms with E-state index in [0.29, 0.717) is 13.2 Å². The first kappa shape index (κ1) is 17.5. The summed E-state index contributed by atoms with van der Waals surface area (Å²) in [4.78, 5) is 13.4. The SMILES string of the molecule is Cc1noc(C)c1CCCN[C@@H](C)c1cccc(N2CCOC2=O)c1. The van der Waals surface area contributed by atoms with Gasteiger partial charge in [-0.15, -0.1) is 0 Å². The third kappa shape index (κ3) is 4.02. The Bertz CT molecular complexity index is 722. The second-order valence-corrected chi connectivity index (χ2v) is 6.44. The van der Waals surface area contributed by atoms with Gasteiger partial charge in [-0.25, -0.2) is 4.79 Å². The zero-order chi connectivity index (χ0) is 17.8. The van der Waals surface area contributed by atoms with Crippen LogP contribution in [0.2, 0.25) is 0 Å². The minimum atomic E-state index is -0.266. The van der Waals surface area contributed by atoms with Crippen molar-refractivity contribution < 1.29 is 14.1 Å². The topological polar surface area (TPSA) is 67.6 Å². The van der Waals surface area contributed by atoms with Crippen molar-refractivity contribution in [1.29, 1.82) is 0 Å². The van der Waals surface area contributed by atoms with E-state index in [4.69, 9.17) is 9.26 Å². The molecule has 1 saturated heterocycles. The highest BCUT2D eigenvalue weighted by molar-refractivity contribution is 5.89. The van der Waals surface area contributed by atoms with Gasteiger partial charge in [0.15, 0.2) is 0 Å².